The zero-order valence-electron chi connectivity index (χ0n) is 13.0. The predicted octanol–water partition coefficient (Wildman–Crippen LogP) is 1.53. The first-order valence-corrected chi connectivity index (χ1v) is 8.17. The van der Waals surface area contributed by atoms with Crippen molar-refractivity contribution in [3.63, 3.8) is 0 Å². The highest BCUT2D eigenvalue weighted by atomic mass is 35.5. The van der Waals surface area contributed by atoms with E-state index in [9.17, 15) is 9.59 Å². The summed E-state index contributed by atoms with van der Waals surface area (Å²) >= 11 is 0. The molecular weight excluding hydrogens is 314 g/mol. The minimum Gasteiger partial charge on any atom is -0.315 e. The molecule has 4 rings (SSSR count). The van der Waals surface area contributed by atoms with E-state index in [1.165, 1.54) is 24.2 Å². The minimum absolute atomic E-state index is 0. The molecule has 0 spiro atoms. The number of nitrogens with zero attached hydrogens (tertiary/aromatic N) is 2. The molecule has 1 saturated carbocycles. The van der Waals surface area contributed by atoms with Gasteiger partial charge in [0.15, 0.2) is 0 Å². The third-order valence-corrected chi connectivity index (χ3v) is 4.98. The number of hydrogen-bond acceptors (Lipinski definition) is 4. The fourth-order valence-electron chi connectivity index (χ4n) is 3.65. The third-order valence-electron chi connectivity index (χ3n) is 4.98. The van der Waals surface area contributed by atoms with Crippen molar-refractivity contribution in [2.24, 2.45) is 0 Å². The van der Waals surface area contributed by atoms with Crippen LogP contribution in [0.3, 0.4) is 0 Å². The number of carbonyl (C=O) groups excluding carboxylic acids is 2. The molecule has 1 saturated heterocycles. The highest BCUT2D eigenvalue weighted by Gasteiger charge is 2.38. The molecule has 0 radical (unpaired) electrons. The first-order valence-electron chi connectivity index (χ1n) is 8.17. The van der Waals surface area contributed by atoms with E-state index >= 15 is 0 Å². The van der Waals surface area contributed by atoms with Gasteiger partial charge in [0.25, 0.3) is 11.8 Å². The van der Waals surface area contributed by atoms with Crippen LogP contribution in [-0.2, 0) is 0 Å². The largest absolute Gasteiger partial charge is 0.315 e. The van der Waals surface area contributed by atoms with Crippen LogP contribution in [-0.4, -0.2) is 59.9 Å². The van der Waals surface area contributed by atoms with Gasteiger partial charge in [0, 0.05) is 31.7 Å². The van der Waals surface area contributed by atoms with E-state index in [0.29, 0.717) is 29.8 Å². The van der Waals surface area contributed by atoms with Gasteiger partial charge in [-0.15, -0.1) is 12.4 Å². The Hall–Kier alpha value is -1.43. The van der Waals surface area contributed by atoms with Gasteiger partial charge < -0.3 is 5.32 Å². The van der Waals surface area contributed by atoms with E-state index in [1.807, 2.05) is 12.1 Å². The summed E-state index contributed by atoms with van der Waals surface area (Å²) in [5.74, 6) is -0.276. The lowest BCUT2D eigenvalue weighted by Gasteiger charge is -2.29. The molecule has 2 amide bonds. The monoisotopic (exact) mass is 335 g/mol. The van der Waals surface area contributed by atoms with E-state index in [2.05, 4.69) is 10.2 Å². The van der Waals surface area contributed by atoms with Gasteiger partial charge in [-0.1, -0.05) is 12.1 Å². The second-order valence-corrected chi connectivity index (χ2v) is 6.42. The molecule has 6 heteroatoms. The highest BCUT2D eigenvalue weighted by molar-refractivity contribution is 6.21. The lowest BCUT2D eigenvalue weighted by atomic mass is 10.1. The van der Waals surface area contributed by atoms with E-state index in [0.717, 1.165) is 19.6 Å². The quantitative estimate of drug-likeness (QED) is 0.829. The number of nitrogens with one attached hydrogen (secondary N) is 1. The highest BCUT2D eigenvalue weighted by Crippen LogP contribution is 2.30. The Kier molecular flexibility index (Phi) is 4.71. The molecular formula is C17H22ClN3O2. The zero-order valence-corrected chi connectivity index (χ0v) is 13.8. The Labute approximate surface area is 142 Å². The summed E-state index contributed by atoms with van der Waals surface area (Å²) in [5.41, 5.74) is 1.10. The summed E-state index contributed by atoms with van der Waals surface area (Å²) in [6, 6.07) is 8.33. The van der Waals surface area contributed by atoms with Crippen molar-refractivity contribution in [2.45, 2.75) is 31.3 Å². The van der Waals surface area contributed by atoms with E-state index in [1.54, 1.807) is 12.1 Å². The van der Waals surface area contributed by atoms with Gasteiger partial charge in [-0.3, -0.25) is 19.4 Å². The van der Waals surface area contributed by atoms with Crippen molar-refractivity contribution in [3.05, 3.63) is 35.4 Å². The number of benzene rings is 1. The van der Waals surface area contributed by atoms with Gasteiger partial charge in [0.1, 0.15) is 0 Å². The first-order chi connectivity index (χ1) is 10.8. The van der Waals surface area contributed by atoms with Crippen LogP contribution in [0, 0.1) is 0 Å². The van der Waals surface area contributed by atoms with E-state index < -0.39 is 0 Å². The van der Waals surface area contributed by atoms with Gasteiger partial charge in [0.05, 0.1) is 11.1 Å². The number of rotatable bonds is 5. The molecule has 1 N–H and O–H groups in total. The van der Waals surface area contributed by atoms with Crippen LogP contribution >= 0.6 is 12.4 Å². The van der Waals surface area contributed by atoms with E-state index in [-0.39, 0.29) is 24.2 Å². The molecule has 1 atom stereocenters. The van der Waals surface area contributed by atoms with Gasteiger partial charge in [-0.25, -0.2) is 0 Å². The summed E-state index contributed by atoms with van der Waals surface area (Å²) < 4.78 is 0. The van der Waals surface area contributed by atoms with Gasteiger partial charge in [-0.2, -0.15) is 0 Å². The molecule has 23 heavy (non-hydrogen) atoms. The second kappa shape index (κ2) is 6.59. The topological polar surface area (TPSA) is 52.7 Å². The van der Waals surface area contributed by atoms with Crippen LogP contribution in [0.4, 0.5) is 0 Å². The first kappa shape index (κ1) is 16.4. The lowest BCUT2D eigenvalue weighted by molar-refractivity contribution is 0.0622. The minimum atomic E-state index is -0.138. The normalized spacial score (nSPS) is 23.3. The number of fused-ring (bicyclic) bond motifs is 1. The summed E-state index contributed by atoms with van der Waals surface area (Å²) in [7, 11) is 0. The Bertz CT molecular complexity index is 577. The Morgan fingerprint density at radius 3 is 2.22 bits per heavy atom. The molecule has 2 heterocycles. The van der Waals surface area contributed by atoms with Crippen LogP contribution < -0.4 is 5.32 Å². The molecule has 1 aromatic rings. The molecule has 0 aromatic heterocycles. The van der Waals surface area contributed by atoms with Crippen molar-refractivity contribution in [1.29, 1.82) is 0 Å². The molecule has 3 aliphatic rings. The third kappa shape index (κ3) is 3.01. The van der Waals surface area contributed by atoms with Gasteiger partial charge in [0.2, 0.25) is 0 Å². The standard InChI is InChI=1S/C17H21N3O2.ClH/c21-16-14-3-1-2-4-15(14)17(22)20(16)10-9-19(12-5-6-12)13-7-8-18-11-13;/h1-4,12-13,18H,5-11H2;1H. The molecule has 124 valence electrons. The maximum Gasteiger partial charge on any atom is 0.261 e. The number of halogens is 1. The second-order valence-electron chi connectivity index (χ2n) is 6.42. The Balaban J connectivity index is 0.00000156. The van der Waals surface area contributed by atoms with Crippen LogP contribution in [0.5, 0.6) is 0 Å². The van der Waals surface area contributed by atoms with Crippen LogP contribution in [0.1, 0.15) is 40.0 Å². The maximum atomic E-state index is 12.4. The van der Waals surface area contributed by atoms with Crippen LogP contribution in [0.2, 0.25) is 0 Å². The van der Waals surface area contributed by atoms with E-state index in [4.69, 9.17) is 0 Å². The number of carbonyl (C=O) groups is 2. The fraction of sp³-hybridized carbons (Fsp3) is 0.529. The smallest absolute Gasteiger partial charge is 0.261 e. The summed E-state index contributed by atoms with van der Waals surface area (Å²) in [4.78, 5) is 28.7. The fourth-order valence-corrected chi connectivity index (χ4v) is 3.65. The SMILES string of the molecule is Cl.O=C1c2ccccc2C(=O)N1CCN(C1CC1)C1CCNC1. The molecule has 0 bridgehead atoms. The molecule has 1 aromatic carbocycles. The molecule has 2 fully saturated rings. The average molecular weight is 336 g/mol. The van der Waals surface area contributed by atoms with Crippen molar-refractivity contribution in [3.8, 4) is 0 Å². The predicted molar refractivity (Wildman–Crippen MR) is 90.1 cm³/mol. The van der Waals surface area contributed by atoms with Crippen molar-refractivity contribution in [2.75, 3.05) is 26.2 Å². The van der Waals surface area contributed by atoms with Crippen molar-refractivity contribution >= 4 is 24.2 Å². The molecule has 5 nitrogen and oxygen atoms in total. The van der Waals surface area contributed by atoms with Crippen LogP contribution in [0.25, 0.3) is 0 Å². The zero-order chi connectivity index (χ0) is 15.1. The van der Waals surface area contributed by atoms with Gasteiger partial charge in [-0.05, 0) is 37.9 Å². The van der Waals surface area contributed by atoms with Gasteiger partial charge >= 0.3 is 0 Å². The van der Waals surface area contributed by atoms with Crippen molar-refractivity contribution < 1.29 is 9.59 Å². The number of hydrogen-bond donors (Lipinski definition) is 1. The molecule has 1 aliphatic carbocycles. The Morgan fingerprint density at radius 1 is 1.04 bits per heavy atom. The lowest BCUT2D eigenvalue weighted by Crippen LogP contribution is -2.44. The molecule has 1 unspecified atom stereocenters. The maximum absolute atomic E-state index is 12.4. The summed E-state index contributed by atoms with van der Waals surface area (Å²) in [5, 5.41) is 3.41. The Morgan fingerprint density at radius 2 is 1.70 bits per heavy atom. The molecule has 2 aliphatic heterocycles. The average Bonchev–Trinajstić information content (AvgIpc) is 3.17. The number of amides is 2. The van der Waals surface area contributed by atoms with Crippen molar-refractivity contribution in [1.82, 2.24) is 15.1 Å². The summed E-state index contributed by atoms with van der Waals surface area (Å²) in [6.07, 6.45) is 3.66. The summed E-state index contributed by atoms with van der Waals surface area (Å²) in [6.45, 7) is 3.39. The van der Waals surface area contributed by atoms with Crippen LogP contribution in [0.15, 0.2) is 24.3 Å². The number of imide groups is 1.